The van der Waals surface area contributed by atoms with E-state index in [2.05, 4.69) is 21.2 Å². The minimum atomic E-state index is -0.0807. The number of anilines is 1. The lowest BCUT2D eigenvalue weighted by Gasteiger charge is -2.04. The lowest BCUT2D eigenvalue weighted by Crippen LogP contribution is -2.11. The van der Waals surface area contributed by atoms with Crippen LogP contribution < -0.4 is 5.32 Å². The number of rotatable bonds is 2. The molecule has 16 heavy (non-hydrogen) atoms. The molecule has 0 aliphatic heterocycles. The van der Waals surface area contributed by atoms with Crippen LogP contribution in [0.25, 0.3) is 0 Å². The van der Waals surface area contributed by atoms with Gasteiger partial charge in [0.25, 0.3) is 5.91 Å². The van der Waals surface area contributed by atoms with Crippen LogP contribution in [-0.2, 0) is 0 Å². The molecular weight excluding hydrogens is 286 g/mol. The Balaban J connectivity index is 2.21. The molecule has 2 rings (SSSR count). The number of hydrogen-bond donors (Lipinski definition) is 1. The molecule has 0 fully saturated rings. The number of halogens is 1. The number of hydrogen-bond acceptors (Lipinski definition) is 2. The average molecular weight is 296 g/mol. The van der Waals surface area contributed by atoms with Crippen molar-refractivity contribution in [3.63, 3.8) is 0 Å². The Morgan fingerprint density at radius 2 is 2.19 bits per heavy atom. The molecule has 0 aliphatic rings. The van der Waals surface area contributed by atoms with Crippen LogP contribution in [0.2, 0.25) is 0 Å². The number of nitrogens with one attached hydrogen (secondary N) is 1. The predicted octanol–water partition coefficient (Wildman–Crippen LogP) is 4.07. The summed E-state index contributed by atoms with van der Waals surface area (Å²) in [5.74, 6) is -0.0807. The molecule has 1 aromatic carbocycles. The third-order valence-corrected chi connectivity index (χ3v) is 3.22. The van der Waals surface area contributed by atoms with Gasteiger partial charge in [0.2, 0.25) is 0 Å². The van der Waals surface area contributed by atoms with E-state index < -0.39 is 0 Å². The van der Waals surface area contributed by atoms with E-state index in [9.17, 15) is 4.79 Å². The predicted molar refractivity (Wildman–Crippen MR) is 71.2 cm³/mol. The number of thiophene rings is 1. The zero-order chi connectivity index (χ0) is 11.5. The van der Waals surface area contributed by atoms with Crippen LogP contribution in [0.3, 0.4) is 0 Å². The number of benzene rings is 1. The smallest absolute Gasteiger partial charge is 0.255 e. The molecule has 1 N–H and O–H groups in total. The summed E-state index contributed by atoms with van der Waals surface area (Å²) in [5.41, 5.74) is 2.57. The molecule has 2 nitrogen and oxygen atoms in total. The first-order valence-corrected chi connectivity index (χ1v) is 6.49. The van der Waals surface area contributed by atoms with Crippen LogP contribution in [-0.4, -0.2) is 5.91 Å². The third kappa shape index (κ3) is 2.71. The first-order chi connectivity index (χ1) is 7.65. The fourth-order valence-electron chi connectivity index (χ4n) is 1.41. The molecule has 0 saturated carbocycles. The quantitative estimate of drug-likeness (QED) is 0.889. The van der Waals surface area contributed by atoms with Gasteiger partial charge in [0, 0.05) is 15.4 Å². The van der Waals surface area contributed by atoms with Gasteiger partial charge in [-0.3, -0.25) is 4.79 Å². The summed E-state index contributed by atoms with van der Waals surface area (Å²) in [7, 11) is 0. The molecule has 0 bridgehead atoms. The zero-order valence-electron chi connectivity index (χ0n) is 8.66. The monoisotopic (exact) mass is 295 g/mol. The fraction of sp³-hybridized carbons (Fsp3) is 0.0833. The first-order valence-electron chi connectivity index (χ1n) is 4.76. The highest BCUT2D eigenvalue weighted by Gasteiger charge is 2.07. The molecule has 0 spiro atoms. The van der Waals surface area contributed by atoms with Gasteiger partial charge in [-0.15, -0.1) is 0 Å². The van der Waals surface area contributed by atoms with Gasteiger partial charge in [-0.05, 0) is 42.1 Å². The maximum atomic E-state index is 11.9. The van der Waals surface area contributed by atoms with Crippen molar-refractivity contribution < 1.29 is 4.79 Å². The van der Waals surface area contributed by atoms with E-state index in [1.54, 1.807) is 11.3 Å². The maximum Gasteiger partial charge on any atom is 0.255 e. The number of carbonyl (C=O) groups is 1. The summed E-state index contributed by atoms with van der Waals surface area (Å²) in [6, 6.07) is 7.54. The first kappa shape index (κ1) is 11.4. The maximum absolute atomic E-state index is 11.9. The van der Waals surface area contributed by atoms with E-state index in [1.807, 2.05) is 41.9 Å². The Labute approximate surface area is 106 Å². The minimum Gasteiger partial charge on any atom is -0.321 e. The molecule has 0 radical (unpaired) electrons. The summed E-state index contributed by atoms with van der Waals surface area (Å²) in [6.45, 7) is 1.96. The lowest BCUT2D eigenvalue weighted by molar-refractivity contribution is 0.102. The number of amides is 1. The van der Waals surface area contributed by atoms with Crippen LogP contribution >= 0.6 is 27.3 Å². The van der Waals surface area contributed by atoms with Crippen LogP contribution in [0.5, 0.6) is 0 Å². The second-order valence-corrected chi connectivity index (χ2v) is 5.18. The lowest BCUT2D eigenvalue weighted by atomic mass is 10.1. The molecular formula is C12H10BrNOS. The molecule has 0 saturated heterocycles. The van der Waals surface area contributed by atoms with Gasteiger partial charge in [-0.25, -0.2) is 0 Å². The van der Waals surface area contributed by atoms with Crippen molar-refractivity contribution in [1.29, 1.82) is 0 Å². The summed E-state index contributed by atoms with van der Waals surface area (Å²) >= 11 is 4.94. The highest BCUT2D eigenvalue weighted by atomic mass is 79.9. The van der Waals surface area contributed by atoms with Crippen LogP contribution in [0.4, 0.5) is 5.69 Å². The highest BCUT2D eigenvalue weighted by Crippen LogP contribution is 2.18. The van der Waals surface area contributed by atoms with Gasteiger partial charge >= 0.3 is 0 Å². The van der Waals surface area contributed by atoms with E-state index in [0.29, 0.717) is 5.56 Å². The van der Waals surface area contributed by atoms with E-state index in [1.165, 1.54) is 0 Å². The van der Waals surface area contributed by atoms with Crippen molar-refractivity contribution in [3.8, 4) is 0 Å². The van der Waals surface area contributed by atoms with E-state index >= 15 is 0 Å². The van der Waals surface area contributed by atoms with Gasteiger partial charge in [0.05, 0.1) is 5.69 Å². The zero-order valence-corrected chi connectivity index (χ0v) is 11.1. The Bertz CT molecular complexity index is 487. The van der Waals surface area contributed by atoms with Gasteiger partial charge in [0.15, 0.2) is 0 Å². The van der Waals surface area contributed by atoms with Crippen molar-refractivity contribution >= 4 is 38.9 Å². The third-order valence-electron chi connectivity index (χ3n) is 2.08. The topological polar surface area (TPSA) is 29.1 Å². The van der Waals surface area contributed by atoms with Gasteiger partial charge < -0.3 is 5.32 Å². The molecule has 1 aromatic heterocycles. The molecule has 0 aliphatic carbocycles. The van der Waals surface area contributed by atoms with Crippen molar-refractivity contribution in [3.05, 3.63) is 50.6 Å². The Morgan fingerprint density at radius 3 is 2.81 bits per heavy atom. The number of carbonyl (C=O) groups excluding carboxylic acids is 1. The SMILES string of the molecule is Cc1cc(Br)cc(C(=O)Nc2ccsc2)c1. The van der Waals surface area contributed by atoms with E-state index in [4.69, 9.17) is 0 Å². The van der Waals surface area contributed by atoms with Crippen molar-refractivity contribution in [2.24, 2.45) is 0 Å². The number of aryl methyl sites for hydroxylation is 1. The summed E-state index contributed by atoms with van der Waals surface area (Å²) in [4.78, 5) is 11.9. The summed E-state index contributed by atoms with van der Waals surface area (Å²) in [6.07, 6.45) is 0. The summed E-state index contributed by atoms with van der Waals surface area (Å²) in [5, 5.41) is 6.68. The molecule has 0 atom stereocenters. The molecule has 4 heteroatoms. The molecule has 1 amide bonds. The summed E-state index contributed by atoms with van der Waals surface area (Å²) < 4.78 is 0.919. The van der Waals surface area contributed by atoms with Crippen molar-refractivity contribution in [2.45, 2.75) is 6.92 Å². The Morgan fingerprint density at radius 1 is 1.38 bits per heavy atom. The Kier molecular flexibility index (Phi) is 3.41. The molecule has 2 aromatic rings. The minimum absolute atomic E-state index is 0.0807. The van der Waals surface area contributed by atoms with Gasteiger partial charge in [-0.2, -0.15) is 11.3 Å². The molecule has 82 valence electrons. The van der Waals surface area contributed by atoms with E-state index in [0.717, 1.165) is 15.7 Å². The molecule has 1 heterocycles. The van der Waals surface area contributed by atoms with Crippen molar-refractivity contribution in [1.82, 2.24) is 0 Å². The Hall–Kier alpha value is -1.13. The van der Waals surface area contributed by atoms with Gasteiger partial charge in [-0.1, -0.05) is 15.9 Å². The van der Waals surface area contributed by atoms with Crippen LogP contribution in [0, 0.1) is 6.92 Å². The van der Waals surface area contributed by atoms with Crippen molar-refractivity contribution in [2.75, 3.05) is 5.32 Å². The second-order valence-electron chi connectivity index (χ2n) is 3.48. The largest absolute Gasteiger partial charge is 0.321 e. The fourth-order valence-corrected chi connectivity index (χ4v) is 2.60. The average Bonchev–Trinajstić information content (AvgIpc) is 2.68. The molecule has 0 unspecified atom stereocenters. The van der Waals surface area contributed by atoms with Gasteiger partial charge in [0.1, 0.15) is 0 Å². The van der Waals surface area contributed by atoms with E-state index in [-0.39, 0.29) is 5.91 Å². The second kappa shape index (κ2) is 4.80. The highest BCUT2D eigenvalue weighted by molar-refractivity contribution is 9.10. The van der Waals surface area contributed by atoms with Crippen LogP contribution in [0.15, 0.2) is 39.5 Å². The normalized spacial score (nSPS) is 10.1. The standard InChI is InChI=1S/C12H10BrNOS/c1-8-4-9(6-10(13)5-8)12(15)14-11-2-3-16-7-11/h2-7H,1H3,(H,14,15). The van der Waals surface area contributed by atoms with Crippen LogP contribution in [0.1, 0.15) is 15.9 Å².